The number of hydrogen-bond donors (Lipinski definition) is 0. The van der Waals surface area contributed by atoms with E-state index in [-0.39, 0.29) is 12.2 Å². The first-order chi connectivity index (χ1) is 14.8. The van der Waals surface area contributed by atoms with Crippen molar-refractivity contribution in [2.75, 3.05) is 13.2 Å². The first-order valence-corrected chi connectivity index (χ1v) is 12.2. The maximum Gasteiger partial charge on any atom is 0.106 e. The van der Waals surface area contributed by atoms with Gasteiger partial charge in [-0.2, -0.15) is 0 Å². The van der Waals surface area contributed by atoms with Crippen LogP contribution in [0.2, 0.25) is 0 Å². The van der Waals surface area contributed by atoms with Crippen LogP contribution in [0.1, 0.15) is 88.4 Å². The summed E-state index contributed by atoms with van der Waals surface area (Å²) < 4.78 is 12.0. The van der Waals surface area contributed by atoms with Crippen LogP contribution in [0.3, 0.4) is 0 Å². The highest BCUT2D eigenvalue weighted by Crippen LogP contribution is 2.38. The average Bonchev–Trinajstić information content (AvgIpc) is 2.81. The van der Waals surface area contributed by atoms with E-state index in [0.717, 1.165) is 24.7 Å². The molecule has 0 N–H and O–H groups in total. The molecule has 2 aromatic carbocycles. The molecule has 1 saturated heterocycles. The van der Waals surface area contributed by atoms with Gasteiger partial charge in [-0.3, -0.25) is 0 Å². The SMILES string of the molecule is CCCC1CCC(c2ccc(-c3ccc(C4COC(CCC)CO4)cc3)cc2)CC1. The predicted molar refractivity (Wildman–Crippen MR) is 125 cm³/mol. The zero-order valence-electron chi connectivity index (χ0n) is 18.8. The lowest BCUT2D eigenvalue weighted by Gasteiger charge is -2.29. The van der Waals surface area contributed by atoms with E-state index in [9.17, 15) is 0 Å². The zero-order chi connectivity index (χ0) is 20.8. The number of benzene rings is 2. The van der Waals surface area contributed by atoms with Crippen LogP contribution in [0.5, 0.6) is 0 Å². The van der Waals surface area contributed by atoms with Crippen LogP contribution in [-0.2, 0) is 9.47 Å². The molecule has 2 unspecified atom stereocenters. The highest BCUT2D eigenvalue weighted by Gasteiger charge is 2.23. The van der Waals surface area contributed by atoms with Gasteiger partial charge < -0.3 is 9.47 Å². The van der Waals surface area contributed by atoms with Gasteiger partial charge in [-0.05, 0) is 66.2 Å². The number of hydrogen-bond acceptors (Lipinski definition) is 2. The molecule has 1 saturated carbocycles. The largest absolute Gasteiger partial charge is 0.373 e. The van der Waals surface area contributed by atoms with Crippen LogP contribution in [0.15, 0.2) is 48.5 Å². The summed E-state index contributed by atoms with van der Waals surface area (Å²) in [5.74, 6) is 1.73. The van der Waals surface area contributed by atoms with Crippen LogP contribution < -0.4 is 0 Å². The molecule has 2 aromatic rings. The molecule has 0 amide bonds. The average molecular weight is 407 g/mol. The maximum absolute atomic E-state index is 6.06. The Morgan fingerprint density at radius 1 is 0.667 bits per heavy atom. The zero-order valence-corrected chi connectivity index (χ0v) is 18.8. The van der Waals surface area contributed by atoms with Crippen molar-refractivity contribution in [3.05, 3.63) is 59.7 Å². The summed E-state index contributed by atoms with van der Waals surface area (Å²) in [6, 6.07) is 18.2. The maximum atomic E-state index is 6.06. The van der Waals surface area contributed by atoms with Gasteiger partial charge in [-0.1, -0.05) is 81.6 Å². The predicted octanol–water partition coefficient (Wildman–Crippen LogP) is 7.68. The molecule has 4 rings (SSSR count). The van der Waals surface area contributed by atoms with Gasteiger partial charge >= 0.3 is 0 Å². The minimum absolute atomic E-state index is 0.0670. The fraction of sp³-hybridized carbons (Fsp3) is 0.571. The lowest BCUT2D eigenvalue weighted by molar-refractivity contribution is -0.137. The van der Waals surface area contributed by atoms with Crippen molar-refractivity contribution in [2.45, 2.75) is 83.3 Å². The molecular weight excluding hydrogens is 368 g/mol. The summed E-state index contributed by atoms with van der Waals surface area (Å²) in [4.78, 5) is 0. The summed E-state index contributed by atoms with van der Waals surface area (Å²) in [6.07, 6.45) is 10.9. The molecule has 0 radical (unpaired) electrons. The molecule has 2 heteroatoms. The highest BCUT2D eigenvalue weighted by atomic mass is 16.6. The van der Waals surface area contributed by atoms with E-state index in [2.05, 4.69) is 62.4 Å². The standard InChI is InChI=1S/C28H38O2/c1-3-5-21-7-9-22(10-8-21)23-11-13-24(14-12-23)25-15-17-26(18-16-25)28-20-29-27(6-4-2)19-30-28/h11-18,21-22,27-28H,3-10,19-20H2,1-2H3. The number of ether oxygens (including phenoxy) is 2. The van der Waals surface area contributed by atoms with E-state index in [0.29, 0.717) is 13.2 Å². The Morgan fingerprint density at radius 3 is 1.80 bits per heavy atom. The Hall–Kier alpha value is -1.64. The van der Waals surface area contributed by atoms with Crippen molar-refractivity contribution in [3.63, 3.8) is 0 Å². The normalized spacial score (nSPS) is 27.1. The van der Waals surface area contributed by atoms with Crippen molar-refractivity contribution in [1.82, 2.24) is 0 Å². The van der Waals surface area contributed by atoms with Crippen LogP contribution in [0, 0.1) is 5.92 Å². The van der Waals surface area contributed by atoms with Crippen molar-refractivity contribution in [2.24, 2.45) is 5.92 Å². The molecule has 0 bridgehead atoms. The Labute approximate surface area is 183 Å². The third kappa shape index (κ3) is 5.34. The number of rotatable bonds is 7. The molecule has 2 atom stereocenters. The lowest BCUT2D eigenvalue weighted by atomic mass is 9.77. The third-order valence-corrected chi connectivity index (χ3v) is 7.12. The molecule has 1 aliphatic carbocycles. The van der Waals surface area contributed by atoms with E-state index in [1.807, 2.05) is 0 Å². The summed E-state index contributed by atoms with van der Waals surface area (Å²) >= 11 is 0. The van der Waals surface area contributed by atoms with Crippen molar-refractivity contribution in [3.8, 4) is 11.1 Å². The first-order valence-electron chi connectivity index (χ1n) is 12.2. The summed E-state index contributed by atoms with van der Waals surface area (Å²) in [6.45, 7) is 5.89. The Kier molecular flexibility index (Phi) is 7.62. The highest BCUT2D eigenvalue weighted by molar-refractivity contribution is 5.64. The molecule has 2 nitrogen and oxygen atoms in total. The van der Waals surface area contributed by atoms with Crippen molar-refractivity contribution < 1.29 is 9.47 Å². The second-order valence-electron chi connectivity index (χ2n) is 9.32. The second kappa shape index (κ2) is 10.6. The van der Waals surface area contributed by atoms with Gasteiger partial charge in [0.1, 0.15) is 6.10 Å². The van der Waals surface area contributed by atoms with E-state index in [1.54, 1.807) is 0 Å². The van der Waals surface area contributed by atoms with Crippen LogP contribution in [0.25, 0.3) is 11.1 Å². The molecule has 2 fully saturated rings. The smallest absolute Gasteiger partial charge is 0.106 e. The molecule has 0 aromatic heterocycles. The lowest BCUT2D eigenvalue weighted by Crippen LogP contribution is -2.30. The Morgan fingerprint density at radius 2 is 1.27 bits per heavy atom. The van der Waals surface area contributed by atoms with Gasteiger partial charge in [0, 0.05) is 0 Å². The molecule has 1 heterocycles. The van der Waals surface area contributed by atoms with Crippen LogP contribution in [-0.4, -0.2) is 19.3 Å². The van der Waals surface area contributed by atoms with E-state index >= 15 is 0 Å². The van der Waals surface area contributed by atoms with E-state index in [1.165, 1.54) is 60.8 Å². The molecule has 0 spiro atoms. The fourth-order valence-electron chi connectivity index (χ4n) is 5.25. The van der Waals surface area contributed by atoms with Gasteiger partial charge in [0.15, 0.2) is 0 Å². The first kappa shape index (κ1) is 21.6. The van der Waals surface area contributed by atoms with Gasteiger partial charge in [-0.15, -0.1) is 0 Å². The van der Waals surface area contributed by atoms with E-state index < -0.39 is 0 Å². The minimum Gasteiger partial charge on any atom is -0.373 e. The molecule has 2 aliphatic rings. The molecule has 162 valence electrons. The van der Waals surface area contributed by atoms with Crippen molar-refractivity contribution in [1.29, 1.82) is 0 Å². The van der Waals surface area contributed by atoms with Gasteiger partial charge in [0.25, 0.3) is 0 Å². The molecule has 30 heavy (non-hydrogen) atoms. The minimum atomic E-state index is 0.0670. The van der Waals surface area contributed by atoms with Crippen LogP contribution >= 0.6 is 0 Å². The summed E-state index contributed by atoms with van der Waals surface area (Å²) in [7, 11) is 0. The van der Waals surface area contributed by atoms with Gasteiger partial charge in [0.05, 0.1) is 19.3 Å². The Bertz CT molecular complexity index is 681. The quantitative estimate of drug-likeness (QED) is 0.469. The second-order valence-corrected chi connectivity index (χ2v) is 9.32. The molecule has 1 aliphatic heterocycles. The van der Waals surface area contributed by atoms with Gasteiger partial charge in [0.2, 0.25) is 0 Å². The molecular formula is C28H38O2. The monoisotopic (exact) mass is 406 g/mol. The third-order valence-electron chi connectivity index (χ3n) is 7.12. The van der Waals surface area contributed by atoms with E-state index in [4.69, 9.17) is 9.47 Å². The van der Waals surface area contributed by atoms with Crippen LogP contribution in [0.4, 0.5) is 0 Å². The van der Waals surface area contributed by atoms with Crippen molar-refractivity contribution >= 4 is 0 Å². The summed E-state index contributed by atoms with van der Waals surface area (Å²) in [5.41, 5.74) is 5.32. The topological polar surface area (TPSA) is 18.5 Å². The van der Waals surface area contributed by atoms with Gasteiger partial charge in [-0.25, -0.2) is 0 Å². The summed E-state index contributed by atoms with van der Waals surface area (Å²) in [5, 5.41) is 0. The Balaban J connectivity index is 1.33. The fourth-order valence-corrected chi connectivity index (χ4v) is 5.25.